The van der Waals surface area contributed by atoms with E-state index in [1.807, 2.05) is 20.8 Å². The lowest BCUT2D eigenvalue weighted by molar-refractivity contribution is 0.0824. The molecule has 0 atom stereocenters. The molecule has 0 spiro atoms. The van der Waals surface area contributed by atoms with Crippen LogP contribution in [0.15, 0.2) is 27.8 Å². The summed E-state index contributed by atoms with van der Waals surface area (Å²) in [5, 5.41) is 18.7. The molecule has 4 N–H and O–H groups in total. The summed E-state index contributed by atoms with van der Waals surface area (Å²) >= 11 is 0. The second-order valence-electron chi connectivity index (χ2n) is 7.46. The summed E-state index contributed by atoms with van der Waals surface area (Å²) in [5.41, 5.74) is -1.23. The van der Waals surface area contributed by atoms with Crippen molar-refractivity contribution >= 4 is 23.0 Å². The summed E-state index contributed by atoms with van der Waals surface area (Å²) < 4.78 is 1.08. The number of nitrogens with zero attached hydrogens (tertiary/aromatic N) is 2. The van der Waals surface area contributed by atoms with Crippen LogP contribution >= 0.6 is 0 Å². The van der Waals surface area contributed by atoms with Crippen molar-refractivity contribution in [3.63, 3.8) is 0 Å². The first-order valence-electron chi connectivity index (χ1n) is 8.34. The van der Waals surface area contributed by atoms with E-state index in [9.17, 15) is 19.5 Å². The molecule has 1 aromatic heterocycles. The van der Waals surface area contributed by atoms with E-state index in [0.29, 0.717) is 0 Å². The minimum Gasteiger partial charge on any atom is -0.505 e. The SMILES string of the molecule is CN(C)C(=O)c1cccc(Nc2c(NC(C)(C)C)c(=O)n(C)[nH]c2=O)c1O. The molecule has 146 valence electrons. The molecule has 2 aromatic rings. The Labute approximate surface area is 156 Å². The van der Waals surface area contributed by atoms with E-state index in [1.54, 1.807) is 20.2 Å². The second kappa shape index (κ2) is 7.18. The Morgan fingerprint density at radius 2 is 1.81 bits per heavy atom. The summed E-state index contributed by atoms with van der Waals surface area (Å²) in [6.07, 6.45) is 0. The Morgan fingerprint density at radius 3 is 2.37 bits per heavy atom. The number of aromatic amines is 1. The molecule has 0 aliphatic carbocycles. The van der Waals surface area contributed by atoms with Crippen LogP contribution in [-0.2, 0) is 7.05 Å². The fourth-order valence-corrected chi connectivity index (χ4v) is 2.45. The van der Waals surface area contributed by atoms with Gasteiger partial charge < -0.3 is 20.6 Å². The standard InChI is InChI=1S/C18H25N5O4/c1-18(2,3)20-13-12(15(25)21-23(6)17(13)27)19-11-9-7-8-10(14(11)24)16(26)22(4)5/h7-9,19-20,24H,1-6H3,(H,21,25). The molecular formula is C18H25N5O4. The van der Waals surface area contributed by atoms with Crippen LogP contribution in [0.4, 0.5) is 17.1 Å². The number of benzene rings is 1. The zero-order valence-electron chi connectivity index (χ0n) is 16.3. The molecule has 0 saturated carbocycles. The van der Waals surface area contributed by atoms with Gasteiger partial charge in [0.25, 0.3) is 17.0 Å². The number of nitrogens with one attached hydrogen (secondary N) is 3. The minimum absolute atomic E-state index is 0.0437. The third-order valence-corrected chi connectivity index (χ3v) is 3.70. The lowest BCUT2D eigenvalue weighted by atomic mass is 10.1. The van der Waals surface area contributed by atoms with Crippen molar-refractivity contribution in [3.8, 4) is 5.75 Å². The van der Waals surface area contributed by atoms with Crippen molar-refractivity contribution in [2.24, 2.45) is 7.05 Å². The molecule has 1 amide bonds. The number of aromatic nitrogens is 2. The predicted octanol–water partition coefficient (Wildman–Crippen LogP) is 1.43. The number of hydrogen-bond donors (Lipinski definition) is 4. The third-order valence-electron chi connectivity index (χ3n) is 3.70. The monoisotopic (exact) mass is 375 g/mol. The van der Waals surface area contributed by atoms with Gasteiger partial charge in [-0.2, -0.15) is 0 Å². The van der Waals surface area contributed by atoms with Crippen molar-refractivity contribution in [2.75, 3.05) is 24.7 Å². The first-order chi connectivity index (χ1) is 12.4. The van der Waals surface area contributed by atoms with Gasteiger partial charge in [0.1, 0.15) is 11.4 Å². The van der Waals surface area contributed by atoms with Gasteiger partial charge >= 0.3 is 0 Å². The van der Waals surface area contributed by atoms with E-state index in [2.05, 4.69) is 15.7 Å². The van der Waals surface area contributed by atoms with E-state index in [-0.39, 0.29) is 34.3 Å². The van der Waals surface area contributed by atoms with Crippen LogP contribution in [0.3, 0.4) is 0 Å². The highest BCUT2D eigenvalue weighted by Crippen LogP contribution is 2.31. The Kier molecular flexibility index (Phi) is 5.34. The number of phenolic OH excluding ortho intramolecular Hbond substituents is 1. The number of anilines is 3. The highest BCUT2D eigenvalue weighted by Gasteiger charge is 2.22. The number of rotatable bonds is 4. The molecular weight excluding hydrogens is 350 g/mol. The van der Waals surface area contributed by atoms with Gasteiger partial charge in [-0.3, -0.25) is 24.2 Å². The lowest BCUT2D eigenvalue weighted by Gasteiger charge is -2.24. The van der Waals surface area contributed by atoms with E-state index in [4.69, 9.17) is 0 Å². The maximum atomic E-state index is 12.5. The molecule has 0 bridgehead atoms. The summed E-state index contributed by atoms with van der Waals surface area (Å²) in [5.74, 6) is -0.694. The number of amides is 1. The summed E-state index contributed by atoms with van der Waals surface area (Å²) in [6.45, 7) is 5.56. The zero-order chi connectivity index (χ0) is 20.5. The summed E-state index contributed by atoms with van der Waals surface area (Å²) in [6, 6.07) is 4.57. The molecule has 0 aliphatic heterocycles. The van der Waals surface area contributed by atoms with Crippen molar-refractivity contribution in [2.45, 2.75) is 26.3 Å². The number of H-pyrrole nitrogens is 1. The van der Waals surface area contributed by atoms with Crippen LogP contribution in [0.5, 0.6) is 5.75 Å². The van der Waals surface area contributed by atoms with Gasteiger partial charge in [-0.05, 0) is 32.9 Å². The maximum Gasteiger partial charge on any atom is 0.290 e. The van der Waals surface area contributed by atoms with E-state index >= 15 is 0 Å². The highest BCUT2D eigenvalue weighted by molar-refractivity contribution is 5.98. The van der Waals surface area contributed by atoms with Crippen molar-refractivity contribution in [1.29, 1.82) is 0 Å². The van der Waals surface area contributed by atoms with Crippen LogP contribution in [0, 0.1) is 0 Å². The van der Waals surface area contributed by atoms with Gasteiger partial charge in [0.15, 0.2) is 5.75 Å². The Balaban J connectivity index is 2.60. The fourth-order valence-electron chi connectivity index (χ4n) is 2.45. The van der Waals surface area contributed by atoms with Crippen LogP contribution in [-0.4, -0.2) is 45.3 Å². The highest BCUT2D eigenvalue weighted by atomic mass is 16.3. The first kappa shape index (κ1) is 20.1. The average Bonchev–Trinajstić information content (AvgIpc) is 2.55. The molecule has 1 aromatic carbocycles. The topological polar surface area (TPSA) is 119 Å². The number of hydrogen-bond acceptors (Lipinski definition) is 6. The number of carbonyl (C=O) groups excluding carboxylic acids is 1. The van der Waals surface area contributed by atoms with Crippen LogP contribution < -0.4 is 21.8 Å². The number of carbonyl (C=O) groups is 1. The van der Waals surface area contributed by atoms with Gasteiger partial charge in [0.05, 0.1) is 11.3 Å². The fraction of sp³-hybridized carbons (Fsp3) is 0.389. The average molecular weight is 375 g/mol. The minimum atomic E-state index is -0.549. The van der Waals surface area contributed by atoms with E-state index in [0.717, 1.165) is 4.68 Å². The molecule has 0 fully saturated rings. The van der Waals surface area contributed by atoms with Crippen LogP contribution in [0.1, 0.15) is 31.1 Å². The van der Waals surface area contributed by atoms with Crippen LogP contribution in [0.25, 0.3) is 0 Å². The van der Waals surface area contributed by atoms with Crippen molar-refractivity contribution < 1.29 is 9.90 Å². The first-order valence-corrected chi connectivity index (χ1v) is 8.34. The van der Waals surface area contributed by atoms with Gasteiger partial charge in [-0.25, -0.2) is 0 Å². The van der Waals surface area contributed by atoms with E-state index in [1.165, 1.54) is 24.1 Å². The summed E-state index contributed by atoms with van der Waals surface area (Å²) in [7, 11) is 4.58. The lowest BCUT2D eigenvalue weighted by Crippen LogP contribution is -2.37. The Hall–Kier alpha value is -3.23. The van der Waals surface area contributed by atoms with Crippen LogP contribution in [0.2, 0.25) is 0 Å². The van der Waals surface area contributed by atoms with Gasteiger partial charge in [-0.15, -0.1) is 0 Å². The molecule has 0 saturated heterocycles. The maximum absolute atomic E-state index is 12.5. The molecule has 1 heterocycles. The van der Waals surface area contributed by atoms with Crippen molar-refractivity contribution in [1.82, 2.24) is 14.7 Å². The molecule has 9 heteroatoms. The van der Waals surface area contributed by atoms with Crippen molar-refractivity contribution in [3.05, 3.63) is 44.5 Å². The zero-order valence-corrected chi connectivity index (χ0v) is 16.3. The number of aryl methyl sites for hydroxylation is 1. The molecule has 0 unspecified atom stereocenters. The molecule has 2 rings (SSSR count). The molecule has 9 nitrogen and oxygen atoms in total. The second-order valence-corrected chi connectivity index (χ2v) is 7.46. The van der Waals surface area contributed by atoms with E-state index < -0.39 is 16.7 Å². The summed E-state index contributed by atoms with van der Waals surface area (Å²) in [4.78, 5) is 38.5. The predicted molar refractivity (Wildman–Crippen MR) is 105 cm³/mol. The smallest absolute Gasteiger partial charge is 0.290 e. The number of aromatic hydroxyl groups is 1. The largest absolute Gasteiger partial charge is 0.505 e. The van der Waals surface area contributed by atoms with Gasteiger partial charge in [-0.1, -0.05) is 6.07 Å². The quantitative estimate of drug-likeness (QED) is 0.600. The van der Waals surface area contributed by atoms with Gasteiger partial charge in [0.2, 0.25) is 0 Å². The molecule has 0 radical (unpaired) electrons. The third kappa shape index (κ3) is 4.30. The Bertz CT molecular complexity index is 983. The normalized spacial score (nSPS) is 11.2. The van der Waals surface area contributed by atoms with Gasteiger partial charge in [0, 0.05) is 26.7 Å². The Morgan fingerprint density at radius 1 is 1.19 bits per heavy atom. The molecule has 0 aliphatic rings. The molecule has 27 heavy (non-hydrogen) atoms. The number of para-hydroxylation sites is 1. The number of phenols is 1.